The molecular formula is C17H16F5N2O+. The molecular weight excluding hydrogens is 343 g/mol. The number of hydrogen-bond acceptors (Lipinski definition) is 1. The van der Waals surface area contributed by atoms with E-state index in [4.69, 9.17) is 0 Å². The topological polar surface area (TPSA) is 33.5 Å². The summed E-state index contributed by atoms with van der Waals surface area (Å²) in [6.45, 7) is 0.244. The molecule has 0 aliphatic heterocycles. The molecule has 1 amide bonds. The average Bonchev–Trinajstić information content (AvgIpc) is 2.50. The monoisotopic (exact) mass is 359 g/mol. The van der Waals surface area contributed by atoms with Gasteiger partial charge in [-0.25, -0.2) is 8.78 Å². The summed E-state index contributed by atoms with van der Waals surface area (Å²) in [5.41, 5.74) is -0.379. The fourth-order valence-corrected chi connectivity index (χ4v) is 2.28. The van der Waals surface area contributed by atoms with Gasteiger partial charge >= 0.3 is 6.18 Å². The Morgan fingerprint density at radius 3 is 2.32 bits per heavy atom. The van der Waals surface area contributed by atoms with Gasteiger partial charge in [0.25, 0.3) is 5.91 Å². The molecule has 0 aliphatic rings. The molecule has 1 atom stereocenters. The van der Waals surface area contributed by atoms with Crippen LogP contribution in [0.15, 0.2) is 42.5 Å². The van der Waals surface area contributed by atoms with Crippen molar-refractivity contribution in [2.24, 2.45) is 0 Å². The van der Waals surface area contributed by atoms with Gasteiger partial charge in [-0.05, 0) is 24.3 Å². The Bertz CT molecular complexity index is 744. The first-order valence-electron chi connectivity index (χ1n) is 7.37. The zero-order valence-electron chi connectivity index (χ0n) is 13.3. The van der Waals surface area contributed by atoms with E-state index in [0.717, 1.165) is 30.3 Å². The Labute approximate surface area is 141 Å². The highest BCUT2D eigenvalue weighted by atomic mass is 19.4. The fourth-order valence-electron chi connectivity index (χ4n) is 2.28. The molecule has 2 aromatic rings. The Morgan fingerprint density at radius 1 is 1.08 bits per heavy atom. The highest BCUT2D eigenvalue weighted by molar-refractivity contribution is 5.91. The fraction of sp³-hybridized carbons (Fsp3) is 0.235. The van der Waals surface area contributed by atoms with Crippen molar-refractivity contribution in [1.82, 2.24) is 0 Å². The zero-order chi connectivity index (χ0) is 18.6. The van der Waals surface area contributed by atoms with E-state index < -0.39 is 29.3 Å². The van der Waals surface area contributed by atoms with Crippen molar-refractivity contribution < 1.29 is 31.6 Å². The maximum atomic E-state index is 13.5. The SMILES string of the molecule is C[NH+](CC(=O)Nc1cc(F)ccc1F)Cc1ccc(C(F)(F)F)cc1. The van der Waals surface area contributed by atoms with E-state index in [0.29, 0.717) is 17.0 Å². The first-order chi connectivity index (χ1) is 11.6. The van der Waals surface area contributed by atoms with Crippen LogP contribution in [0.4, 0.5) is 27.6 Å². The van der Waals surface area contributed by atoms with E-state index >= 15 is 0 Å². The summed E-state index contributed by atoms with van der Waals surface area (Å²) >= 11 is 0. The standard InChI is InChI=1S/C17H15F5N2O/c1-24(9-11-2-4-12(5-3-11)17(20,21)22)10-16(25)23-15-8-13(18)6-7-14(15)19/h2-8H,9-10H2,1H3,(H,23,25)/p+1. The van der Waals surface area contributed by atoms with Crippen molar-refractivity contribution in [3.8, 4) is 0 Å². The summed E-state index contributed by atoms with van der Waals surface area (Å²) < 4.78 is 64.0. The van der Waals surface area contributed by atoms with E-state index in [-0.39, 0.29) is 12.2 Å². The summed E-state index contributed by atoms with van der Waals surface area (Å²) in [6.07, 6.45) is -4.40. The van der Waals surface area contributed by atoms with Crippen molar-refractivity contribution in [2.75, 3.05) is 18.9 Å². The van der Waals surface area contributed by atoms with Crippen LogP contribution in [-0.4, -0.2) is 19.5 Å². The molecule has 0 saturated carbocycles. The summed E-state index contributed by atoms with van der Waals surface area (Å²) in [5, 5.41) is 2.27. The Hall–Kier alpha value is -2.48. The Kier molecular flexibility index (Phi) is 5.73. The normalized spacial score (nSPS) is 12.7. The van der Waals surface area contributed by atoms with Gasteiger partial charge in [0.05, 0.1) is 18.3 Å². The Balaban J connectivity index is 1.92. The number of carbonyl (C=O) groups excluding carboxylic acids is 1. The van der Waals surface area contributed by atoms with Gasteiger partial charge in [-0.15, -0.1) is 0 Å². The van der Waals surface area contributed by atoms with Gasteiger partial charge < -0.3 is 10.2 Å². The quantitative estimate of drug-likeness (QED) is 0.791. The van der Waals surface area contributed by atoms with Crippen molar-refractivity contribution >= 4 is 11.6 Å². The minimum Gasteiger partial charge on any atom is -0.326 e. The van der Waals surface area contributed by atoms with E-state index in [2.05, 4.69) is 5.32 Å². The van der Waals surface area contributed by atoms with Crippen LogP contribution >= 0.6 is 0 Å². The van der Waals surface area contributed by atoms with Crippen LogP contribution in [0.1, 0.15) is 11.1 Å². The molecule has 8 heteroatoms. The van der Waals surface area contributed by atoms with Crippen molar-refractivity contribution in [2.45, 2.75) is 12.7 Å². The molecule has 0 bridgehead atoms. The van der Waals surface area contributed by atoms with Crippen molar-refractivity contribution in [1.29, 1.82) is 0 Å². The molecule has 134 valence electrons. The van der Waals surface area contributed by atoms with Crippen molar-refractivity contribution in [3.05, 3.63) is 65.2 Å². The van der Waals surface area contributed by atoms with Gasteiger partial charge in [0, 0.05) is 11.6 Å². The molecule has 0 saturated heterocycles. The maximum absolute atomic E-state index is 13.5. The van der Waals surface area contributed by atoms with Crippen LogP contribution in [0.25, 0.3) is 0 Å². The first kappa shape index (κ1) is 18.9. The number of alkyl halides is 3. The van der Waals surface area contributed by atoms with Gasteiger partial charge in [0.1, 0.15) is 18.2 Å². The largest absolute Gasteiger partial charge is 0.416 e. The number of carbonyl (C=O) groups is 1. The molecule has 2 aromatic carbocycles. The van der Waals surface area contributed by atoms with Crippen LogP contribution in [0.5, 0.6) is 0 Å². The number of rotatable bonds is 5. The highest BCUT2D eigenvalue weighted by Crippen LogP contribution is 2.28. The second-order valence-electron chi connectivity index (χ2n) is 5.68. The number of anilines is 1. The smallest absolute Gasteiger partial charge is 0.326 e. The van der Waals surface area contributed by atoms with Crippen LogP contribution in [0.2, 0.25) is 0 Å². The molecule has 0 spiro atoms. The van der Waals surface area contributed by atoms with Crippen LogP contribution in [0, 0.1) is 11.6 Å². The summed E-state index contributed by atoms with van der Waals surface area (Å²) in [6, 6.07) is 7.36. The van der Waals surface area contributed by atoms with Gasteiger partial charge in [-0.2, -0.15) is 13.2 Å². The van der Waals surface area contributed by atoms with Crippen molar-refractivity contribution in [3.63, 3.8) is 0 Å². The predicted molar refractivity (Wildman–Crippen MR) is 81.9 cm³/mol. The van der Waals surface area contributed by atoms with E-state index in [1.54, 1.807) is 7.05 Å². The van der Waals surface area contributed by atoms with Crippen LogP contribution in [0.3, 0.4) is 0 Å². The minimum atomic E-state index is -4.40. The van der Waals surface area contributed by atoms with E-state index in [9.17, 15) is 26.7 Å². The molecule has 0 aliphatic carbocycles. The summed E-state index contributed by atoms with van der Waals surface area (Å²) in [4.78, 5) is 12.6. The predicted octanol–water partition coefficient (Wildman–Crippen LogP) is 2.64. The number of benzene rings is 2. The van der Waals surface area contributed by atoms with E-state index in [1.807, 2.05) is 0 Å². The Morgan fingerprint density at radius 2 is 1.72 bits per heavy atom. The molecule has 0 aromatic heterocycles. The lowest BCUT2D eigenvalue weighted by Gasteiger charge is -2.15. The second kappa shape index (κ2) is 7.60. The molecule has 0 heterocycles. The summed E-state index contributed by atoms with van der Waals surface area (Å²) in [5.74, 6) is -1.97. The summed E-state index contributed by atoms with van der Waals surface area (Å²) in [7, 11) is 1.67. The maximum Gasteiger partial charge on any atom is 0.416 e. The minimum absolute atomic E-state index is 0.0586. The highest BCUT2D eigenvalue weighted by Gasteiger charge is 2.30. The number of nitrogens with one attached hydrogen (secondary N) is 2. The second-order valence-corrected chi connectivity index (χ2v) is 5.68. The van der Waals surface area contributed by atoms with E-state index in [1.165, 1.54) is 12.1 Å². The lowest BCUT2D eigenvalue weighted by Crippen LogP contribution is -3.08. The third-order valence-electron chi connectivity index (χ3n) is 3.45. The molecule has 3 nitrogen and oxygen atoms in total. The number of amides is 1. The van der Waals surface area contributed by atoms with Crippen LogP contribution in [-0.2, 0) is 17.5 Å². The lowest BCUT2D eigenvalue weighted by molar-refractivity contribution is -0.885. The molecule has 2 N–H and O–H groups in total. The zero-order valence-corrected chi connectivity index (χ0v) is 13.3. The van der Waals surface area contributed by atoms with Crippen LogP contribution < -0.4 is 10.2 Å². The number of likely N-dealkylation sites (N-methyl/N-ethyl adjacent to an activating group) is 1. The molecule has 2 rings (SSSR count). The number of hydrogen-bond donors (Lipinski definition) is 2. The van der Waals surface area contributed by atoms with Gasteiger partial charge in [-0.1, -0.05) is 12.1 Å². The number of halogens is 5. The molecule has 0 radical (unpaired) electrons. The molecule has 25 heavy (non-hydrogen) atoms. The lowest BCUT2D eigenvalue weighted by atomic mass is 10.1. The third-order valence-corrected chi connectivity index (χ3v) is 3.45. The third kappa shape index (κ3) is 5.53. The van der Waals surface area contributed by atoms with Gasteiger partial charge in [-0.3, -0.25) is 4.79 Å². The number of quaternary nitrogens is 1. The van der Waals surface area contributed by atoms with Gasteiger partial charge in [0.2, 0.25) is 0 Å². The van der Waals surface area contributed by atoms with Gasteiger partial charge in [0.15, 0.2) is 6.54 Å². The molecule has 1 unspecified atom stereocenters. The average molecular weight is 359 g/mol. The molecule has 0 fully saturated rings. The first-order valence-corrected chi connectivity index (χ1v) is 7.37.